The van der Waals surface area contributed by atoms with Crippen LogP contribution >= 0.6 is 0 Å². The second-order valence-electron chi connectivity index (χ2n) is 17.7. The van der Waals surface area contributed by atoms with Crippen LogP contribution in [0.5, 0.6) is 0 Å². The summed E-state index contributed by atoms with van der Waals surface area (Å²) in [6.45, 7) is 0. The van der Waals surface area contributed by atoms with Gasteiger partial charge in [-0.15, -0.1) is 0 Å². The van der Waals surface area contributed by atoms with Crippen molar-refractivity contribution in [3.05, 3.63) is 265 Å². The van der Waals surface area contributed by atoms with Crippen LogP contribution in [0.4, 0.5) is 34.1 Å². The molecule has 2 aliphatic carbocycles. The summed E-state index contributed by atoms with van der Waals surface area (Å²) in [5, 5.41) is 0. The van der Waals surface area contributed by atoms with Gasteiger partial charge in [0.15, 0.2) is 0 Å². The SMILES string of the molecule is c1ccc(-c2ccc(N(c3ccc(-c4ccc5c(c4)CC5)cc3)c3cccc(-c4cccc(N(c5ccc(-c6ccccc6)cc5)c5ccc(-c6ccc7c(c6)CC7)cc5)c4)c3)cc2)cc1. The molecule has 0 saturated carbocycles. The van der Waals surface area contributed by atoms with Gasteiger partial charge in [-0.2, -0.15) is 0 Å². The van der Waals surface area contributed by atoms with Crippen molar-refractivity contribution < 1.29 is 0 Å². The van der Waals surface area contributed by atoms with Crippen molar-refractivity contribution in [2.45, 2.75) is 25.7 Å². The van der Waals surface area contributed by atoms with Gasteiger partial charge in [0, 0.05) is 34.1 Å². The molecule has 0 radical (unpaired) electrons. The van der Waals surface area contributed by atoms with Crippen LogP contribution in [0.15, 0.2) is 243 Å². The molecule has 2 heteroatoms. The first-order chi connectivity index (χ1) is 32.7. The normalized spacial score (nSPS) is 12.3. The Labute approximate surface area is 388 Å². The van der Waals surface area contributed by atoms with Crippen LogP contribution in [0.2, 0.25) is 0 Å². The van der Waals surface area contributed by atoms with Gasteiger partial charge in [0.2, 0.25) is 0 Å². The van der Waals surface area contributed by atoms with Gasteiger partial charge in [-0.3, -0.25) is 0 Å². The van der Waals surface area contributed by atoms with E-state index in [0.29, 0.717) is 0 Å². The van der Waals surface area contributed by atoms with Crippen LogP contribution in [0.1, 0.15) is 22.3 Å². The second-order valence-corrected chi connectivity index (χ2v) is 17.7. The Balaban J connectivity index is 0.913. The summed E-state index contributed by atoms with van der Waals surface area (Å²) < 4.78 is 0. The first-order valence-electron chi connectivity index (χ1n) is 23.2. The average molecular weight is 845 g/mol. The van der Waals surface area contributed by atoms with Crippen LogP contribution in [0, 0.1) is 0 Å². The summed E-state index contributed by atoms with van der Waals surface area (Å²) in [6, 6.07) is 89.1. The van der Waals surface area contributed by atoms with Gasteiger partial charge < -0.3 is 9.80 Å². The van der Waals surface area contributed by atoms with Crippen molar-refractivity contribution in [2.24, 2.45) is 0 Å². The number of anilines is 6. The zero-order valence-corrected chi connectivity index (χ0v) is 36.8. The lowest BCUT2D eigenvalue weighted by atomic mass is 9.86. The quantitative estimate of drug-likeness (QED) is 0.128. The summed E-state index contributed by atoms with van der Waals surface area (Å²) in [6.07, 6.45) is 4.74. The van der Waals surface area contributed by atoms with Crippen LogP contribution in [-0.4, -0.2) is 0 Å². The van der Waals surface area contributed by atoms with E-state index in [1.807, 2.05) is 0 Å². The third kappa shape index (κ3) is 7.67. The Bertz CT molecular complexity index is 3090. The molecule has 10 aromatic carbocycles. The summed E-state index contributed by atoms with van der Waals surface area (Å²) in [4.78, 5) is 4.76. The highest BCUT2D eigenvalue weighted by Gasteiger charge is 2.19. The van der Waals surface area contributed by atoms with Crippen LogP contribution in [-0.2, 0) is 25.7 Å². The van der Waals surface area contributed by atoms with E-state index in [2.05, 4.69) is 252 Å². The highest BCUT2D eigenvalue weighted by molar-refractivity contribution is 5.85. The first-order valence-corrected chi connectivity index (χ1v) is 23.2. The Hall–Kier alpha value is -8.20. The lowest BCUT2D eigenvalue weighted by molar-refractivity contribution is 0.840. The van der Waals surface area contributed by atoms with E-state index in [9.17, 15) is 0 Å². The maximum Gasteiger partial charge on any atom is 0.0467 e. The van der Waals surface area contributed by atoms with Crippen LogP contribution in [0.25, 0.3) is 55.6 Å². The molecule has 0 amide bonds. The number of nitrogens with zero attached hydrogens (tertiary/aromatic N) is 2. The highest BCUT2D eigenvalue weighted by atomic mass is 15.1. The van der Waals surface area contributed by atoms with E-state index in [1.54, 1.807) is 0 Å². The van der Waals surface area contributed by atoms with Gasteiger partial charge in [-0.05, 0) is 176 Å². The largest absolute Gasteiger partial charge is 0.310 e. The van der Waals surface area contributed by atoms with Gasteiger partial charge >= 0.3 is 0 Å². The smallest absolute Gasteiger partial charge is 0.0467 e. The van der Waals surface area contributed by atoms with Crippen molar-refractivity contribution >= 4 is 34.1 Å². The third-order valence-corrected chi connectivity index (χ3v) is 13.7. The molecule has 2 aliphatic rings. The minimum atomic E-state index is 1.10. The molecule has 0 N–H and O–H groups in total. The summed E-state index contributed by atoms with van der Waals surface area (Å²) >= 11 is 0. The lowest BCUT2D eigenvalue weighted by Crippen LogP contribution is -2.10. The molecule has 314 valence electrons. The van der Waals surface area contributed by atoms with Crippen molar-refractivity contribution in [1.82, 2.24) is 0 Å². The monoisotopic (exact) mass is 844 g/mol. The minimum absolute atomic E-state index is 1.10. The third-order valence-electron chi connectivity index (χ3n) is 13.7. The first kappa shape index (κ1) is 39.4. The van der Waals surface area contributed by atoms with E-state index < -0.39 is 0 Å². The molecule has 0 unspecified atom stereocenters. The molecule has 0 atom stereocenters. The van der Waals surface area contributed by atoms with Crippen molar-refractivity contribution in [2.75, 3.05) is 9.80 Å². The average Bonchev–Trinajstić information content (AvgIpc) is 3.37. The molecule has 12 rings (SSSR count). The Morgan fingerprint density at radius 2 is 0.455 bits per heavy atom. The van der Waals surface area contributed by atoms with Crippen molar-refractivity contribution in [3.63, 3.8) is 0 Å². The maximum atomic E-state index is 2.38. The van der Waals surface area contributed by atoms with Crippen molar-refractivity contribution in [1.29, 1.82) is 0 Å². The van der Waals surface area contributed by atoms with Crippen LogP contribution in [0.3, 0.4) is 0 Å². The zero-order valence-electron chi connectivity index (χ0n) is 36.8. The number of aryl methyl sites for hydroxylation is 4. The summed E-state index contributed by atoms with van der Waals surface area (Å²) in [7, 11) is 0. The van der Waals surface area contributed by atoms with Gasteiger partial charge in [0.25, 0.3) is 0 Å². The molecule has 0 bridgehead atoms. The fourth-order valence-electron chi connectivity index (χ4n) is 9.77. The zero-order chi connectivity index (χ0) is 43.8. The van der Waals surface area contributed by atoms with E-state index in [0.717, 1.165) is 45.3 Å². The molecule has 0 saturated heterocycles. The number of benzene rings is 10. The predicted octanol–water partition coefficient (Wildman–Crippen LogP) is 17.2. The Kier molecular flexibility index (Phi) is 10.2. The molecule has 0 spiro atoms. The molecule has 66 heavy (non-hydrogen) atoms. The van der Waals surface area contributed by atoms with E-state index in [4.69, 9.17) is 0 Å². The predicted molar refractivity (Wildman–Crippen MR) is 278 cm³/mol. The van der Waals surface area contributed by atoms with Crippen LogP contribution < -0.4 is 9.80 Å². The van der Waals surface area contributed by atoms with Crippen molar-refractivity contribution in [3.8, 4) is 55.6 Å². The standard InChI is InChI=1S/C64H48N2/c1-3-9-45(10-4-1)47-25-33-59(34-26-47)65(61-37-29-51(30-38-61)57-23-19-49-17-21-55(49)41-57)63-15-7-13-53(43-63)54-14-8-16-64(44-54)66(60-35-27-48(28-36-60)46-11-5-2-6-12-46)62-39-31-52(32-40-62)58-24-20-50-18-22-56(50)42-58/h1-16,19-20,23-44H,17-18,21-22H2. The number of fused-ring (bicyclic) bond motifs is 2. The molecule has 0 fully saturated rings. The molecule has 0 aliphatic heterocycles. The van der Waals surface area contributed by atoms with E-state index in [1.165, 1.54) is 92.4 Å². The van der Waals surface area contributed by atoms with E-state index in [-0.39, 0.29) is 0 Å². The number of hydrogen-bond acceptors (Lipinski definition) is 2. The number of hydrogen-bond donors (Lipinski definition) is 0. The molecule has 10 aromatic rings. The summed E-state index contributed by atoms with van der Waals surface area (Å²) in [5.74, 6) is 0. The lowest BCUT2D eigenvalue weighted by Gasteiger charge is -2.27. The minimum Gasteiger partial charge on any atom is -0.310 e. The molecule has 0 heterocycles. The summed E-state index contributed by atoms with van der Waals surface area (Å²) in [5.41, 5.74) is 24.7. The molecular formula is C64H48N2. The fourth-order valence-corrected chi connectivity index (χ4v) is 9.77. The fraction of sp³-hybridized carbons (Fsp3) is 0.0625. The highest BCUT2D eigenvalue weighted by Crippen LogP contribution is 2.42. The van der Waals surface area contributed by atoms with Gasteiger partial charge in [0.1, 0.15) is 0 Å². The Morgan fingerprint density at radius 3 is 0.773 bits per heavy atom. The second kappa shape index (κ2) is 17.1. The Morgan fingerprint density at radius 1 is 0.182 bits per heavy atom. The topological polar surface area (TPSA) is 6.48 Å². The van der Waals surface area contributed by atoms with Gasteiger partial charge in [-0.1, -0.05) is 170 Å². The molecule has 0 aromatic heterocycles. The van der Waals surface area contributed by atoms with Gasteiger partial charge in [0.05, 0.1) is 0 Å². The van der Waals surface area contributed by atoms with Gasteiger partial charge in [-0.25, -0.2) is 0 Å². The molecule has 2 nitrogen and oxygen atoms in total. The molecular weight excluding hydrogens is 797 g/mol. The van der Waals surface area contributed by atoms with E-state index >= 15 is 0 Å². The maximum absolute atomic E-state index is 2.38. The number of rotatable bonds is 11.